The van der Waals surface area contributed by atoms with Gasteiger partial charge in [-0.3, -0.25) is 9.69 Å². The molecule has 0 radical (unpaired) electrons. The van der Waals surface area contributed by atoms with Crippen LogP contribution in [0.5, 0.6) is 0 Å². The average molecular weight is 316 g/mol. The van der Waals surface area contributed by atoms with Gasteiger partial charge in [-0.1, -0.05) is 0 Å². The number of ether oxygens (including phenoxy) is 1. The van der Waals surface area contributed by atoms with E-state index < -0.39 is 29.7 Å². The molecule has 0 spiro atoms. The Kier molecular flexibility index (Phi) is 4.39. The number of carbonyl (C=O) groups excluding carboxylic acids is 2. The lowest BCUT2D eigenvalue weighted by atomic mass is 10.2. The number of rotatable bonds is 3. The van der Waals surface area contributed by atoms with Crippen molar-refractivity contribution in [1.29, 1.82) is 0 Å². The van der Waals surface area contributed by atoms with Gasteiger partial charge >= 0.3 is 12.1 Å². The van der Waals surface area contributed by atoms with E-state index in [1.807, 2.05) is 0 Å². The number of aromatic nitrogens is 1. The standard InChI is InChI=1S/C14H15F3N2O3/c1-3-22-13(21)10-4-5-12(20)19(10)11-7-9(14(15,16)17)6-8(2)18-11/h6-7,10H,3-5H2,1-2H3/t10-/m0/s1. The smallest absolute Gasteiger partial charge is 0.416 e. The Bertz CT molecular complexity index is 601. The summed E-state index contributed by atoms with van der Waals surface area (Å²) in [6.07, 6.45) is -4.28. The van der Waals surface area contributed by atoms with E-state index in [4.69, 9.17) is 4.74 Å². The Morgan fingerprint density at radius 2 is 2.14 bits per heavy atom. The first-order valence-corrected chi connectivity index (χ1v) is 6.78. The molecule has 0 unspecified atom stereocenters. The van der Waals surface area contributed by atoms with E-state index in [0.29, 0.717) is 0 Å². The number of nitrogens with zero attached hydrogens (tertiary/aromatic N) is 2. The molecule has 0 aliphatic carbocycles. The summed E-state index contributed by atoms with van der Waals surface area (Å²) in [5.41, 5.74) is -0.788. The summed E-state index contributed by atoms with van der Waals surface area (Å²) in [7, 11) is 0. The Morgan fingerprint density at radius 3 is 2.73 bits per heavy atom. The molecule has 1 aliphatic rings. The van der Waals surface area contributed by atoms with Gasteiger partial charge in [-0.2, -0.15) is 13.2 Å². The first kappa shape index (κ1) is 16.3. The van der Waals surface area contributed by atoms with Crippen molar-refractivity contribution < 1.29 is 27.5 Å². The van der Waals surface area contributed by atoms with E-state index in [-0.39, 0.29) is 31.0 Å². The Balaban J connectivity index is 2.42. The minimum Gasteiger partial charge on any atom is -0.464 e. The molecule has 1 saturated heterocycles. The molecule has 0 bridgehead atoms. The molecule has 1 fully saturated rings. The number of anilines is 1. The zero-order valence-electron chi connectivity index (χ0n) is 12.1. The van der Waals surface area contributed by atoms with Crippen molar-refractivity contribution in [1.82, 2.24) is 4.98 Å². The zero-order valence-corrected chi connectivity index (χ0v) is 12.1. The van der Waals surface area contributed by atoms with Gasteiger partial charge in [0.1, 0.15) is 11.9 Å². The second kappa shape index (κ2) is 5.94. The van der Waals surface area contributed by atoms with Gasteiger partial charge in [0.25, 0.3) is 0 Å². The van der Waals surface area contributed by atoms with Crippen molar-refractivity contribution in [2.24, 2.45) is 0 Å². The molecule has 1 atom stereocenters. The normalized spacial score (nSPS) is 18.7. The summed E-state index contributed by atoms with van der Waals surface area (Å²) in [5, 5.41) is 0. The summed E-state index contributed by atoms with van der Waals surface area (Å²) in [6.45, 7) is 3.15. The highest BCUT2D eigenvalue weighted by Crippen LogP contribution is 2.34. The van der Waals surface area contributed by atoms with Crippen LogP contribution in [0.15, 0.2) is 12.1 Å². The van der Waals surface area contributed by atoms with Crippen LogP contribution in [0, 0.1) is 6.92 Å². The quantitative estimate of drug-likeness (QED) is 0.804. The average Bonchev–Trinajstić information content (AvgIpc) is 2.79. The molecule has 0 N–H and O–H groups in total. The summed E-state index contributed by atoms with van der Waals surface area (Å²) >= 11 is 0. The first-order chi connectivity index (χ1) is 10.2. The lowest BCUT2D eigenvalue weighted by Gasteiger charge is -2.23. The van der Waals surface area contributed by atoms with Gasteiger partial charge in [0, 0.05) is 12.1 Å². The lowest BCUT2D eigenvalue weighted by molar-refractivity contribution is -0.144. The fraction of sp³-hybridized carbons (Fsp3) is 0.500. The number of pyridine rings is 1. The van der Waals surface area contributed by atoms with Gasteiger partial charge < -0.3 is 4.74 Å². The molecular formula is C14H15F3N2O3. The van der Waals surface area contributed by atoms with E-state index in [9.17, 15) is 22.8 Å². The third kappa shape index (κ3) is 3.20. The third-order valence-corrected chi connectivity index (χ3v) is 3.28. The molecule has 0 aromatic carbocycles. The maximum Gasteiger partial charge on any atom is 0.416 e. The number of carbonyl (C=O) groups is 2. The maximum atomic E-state index is 12.9. The third-order valence-electron chi connectivity index (χ3n) is 3.28. The van der Waals surface area contributed by atoms with E-state index in [1.165, 1.54) is 6.92 Å². The monoisotopic (exact) mass is 316 g/mol. The van der Waals surface area contributed by atoms with Crippen LogP contribution in [0.25, 0.3) is 0 Å². The maximum absolute atomic E-state index is 12.9. The second-order valence-electron chi connectivity index (χ2n) is 4.92. The van der Waals surface area contributed by atoms with Crippen LogP contribution in [-0.2, 0) is 20.5 Å². The molecule has 5 nitrogen and oxygen atoms in total. The Labute approximate surface area is 125 Å². The number of aryl methyl sites for hydroxylation is 1. The summed E-state index contributed by atoms with van der Waals surface area (Å²) in [6, 6.07) is 0.745. The van der Waals surface area contributed by atoms with Crippen molar-refractivity contribution in [3.05, 3.63) is 23.4 Å². The Morgan fingerprint density at radius 1 is 1.45 bits per heavy atom. The molecule has 0 saturated carbocycles. The number of alkyl halides is 3. The van der Waals surface area contributed by atoms with Crippen molar-refractivity contribution in [3.8, 4) is 0 Å². The van der Waals surface area contributed by atoms with Crippen LogP contribution in [0.1, 0.15) is 31.0 Å². The molecular weight excluding hydrogens is 301 g/mol. The number of halogens is 3. The minimum atomic E-state index is -4.55. The molecule has 22 heavy (non-hydrogen) atoms. The molecule has 8 heteroatoms. The molecule has 2 heterocycles. The van der Waals surface area contributed by atoms with Gasteiger partial charge in [-0.25, -0.2) is 9.78 Å². The van der Waals surface area contributed by atoms with Gasteiger partial charge in [0.2, 0.25) is 5.91 Å². The molecule has 2 rings (SSSR count). The van der Waals surface area contributed by atoms with E-state index in [0.717, 1.165) is 17.0 Å². The summed E-state index contributed by atoms with van der Waals surface area (Å²) in [4.78, 5) is 28.8. The molecule has 1 aliphatic heterocycles. The van der Waals surface area contributed by atoms with Crippen molar-refractivity contribution >= 4 is 17.7 Å². The highest BCUT2D eigenvalue weighted by Gasteiger charge is 2.40. The van der Waals surface area contributed by atoms with Gasteiger partial charge in [0.15, 0.2) is 0 Å². The number of amides is 1. The van der Waals surface area contributed by atoms with Crippen molar-refractivity contribution in [2.75, 3.05) is 11.5 Å². The highest BCUT2D eigenvalue weighted by atomic mass is 19.4. The fourth-order valence-corrected chi connectivity index (χ4v) is 2.37. The van der Waals surface area contributed by atoms with Crippen LogP contribution in [0.2, 0.25) is 0 Å². The van der Waals surface area contributed by atoms with Crippen LogP contribution in [-0.4, -0.2) is 29.5 Å². The fourth-order valence-electron chi connectivity index (χ4n) is 2.37. The minimum absolute atomic E-state index is 0.0699. The van der Waals surface area contributed by atoms with E-state index >= 15 is 0 Å². The number of hydrogen-bond donors (Lipinski definition) is 0. The predicted octanol–water partition coefficient (Wildman–Crippen LogP) is 2.47. The largest absolute Gasteiger partial charge is 0.464 e. The van der Waals surface area contributed by atoms with Gasteiger partial charge in [-0.05, 0) is 32.4 Å². The van der Waals surface area contributed by atoms with Crippen LogP contribution in [0.4, 0.5) is 19.0 Å². The highest BCUT2D eigenvalue weighted by molar-refractivity contribution is 6.01. The van der Waals surface area contributed by atoms with Gasteiger partial charge in [-0.15, -0.1) is 0 Å². The SMILES string of the molecule is CCOC(=O)[C@@H]1CCC(=O)N1c1cc(C(F)(F)F)cc(C)n1. The van der Waals surface area contributed by atoms with E-state index in [1.54, 1.807) is 6.92 Å². The molecule has 1 aromatic rings. The molecule has 1 aromatic heterocycles. The number of hydrogen-bond acceptors (Lipinski definition) is 4. The first-order valence-electron chi connectivity index (χ1n) is 6.78. The number of esters is 1. The topological polar surface area (TPSA) is 59.5 Å². The van der Waals surface area contributed by atoms with Crippen LogP contribution < -0.4 is 4.90 Å². The second-order valence-corrected chi connectivity index (χ2v) is 4.92. The van der Waals surface area contributed by atoms with Gasteiger partial charge in [0.05, 0.1) is 12.2 Å². The van der Waals surface area contributed by atoms with Crippen LogP contribution >= 0.6 is 0 Å². The molecule has 1 amide bonds. The van der Waals surface area contributed by atoms with Crippen LogP contribution in [0.3, 0.4) is 0 Å². The Hall–Kier alpha value is -2.12. The van der Waals surface area contributed by atoms with E-state index in [2.05, 4.69) is 4.98 Å². The van der Waals surface area contributed by atoms with Crippen molar-refractivity contribution in [2.45, 2.75) is 38.9 Å². The summed E-state index contributed by atoms with van der Waals surface area (Å²) in [5.74, 6) is -1.25. The molecule has 120 valence electrons. The lowest BCUT2D eigenvalue weighted by Crippen LogP contribution is -2.40. The predicted molar refractivity (Wildman–Crippen MR) is 71.1 cm³/mol. The van der Waals surface area contributed by atoms with Crippen molar-refractivity contribution in [3.63, 3.8) is 0 Å². The zero-order chi connectivity index (χ0) is 16.5. The summed E-state index contributed by atoms with van der Waals surface area (Å²) < 4.78 is 43.5.